The van der Waals surface area contributed by atoms with Gasteiger partial charge in [0, 0.05) is 31.7 Å². The number of carbonyl (C=O) groups excluding carboxylic acids is 1. The van der Waals surface area contributed by atoms with Gasteiger partial charge in [0.2, 0.25) is 0 Å². The van der Waals surface area contributed by atoms with Crippen molar-refractivity contribution in [1.82, 2.24) is 4.90 Å². The van der Waals surface area contributed by atoms with Crippen LogP contribution in [0.4, 0.5) is 5.69 Å². The summed E-state index contributed by atoms with van der Waals surface area (Å²) in [6, 6.07) is 10.1. The summed E-state index contributed by atoms with van der Waals surface area (Å²) in [6.45, 7) is 3.16. The van der Waals surface area contributed by atoms with Crippen molar-refractivity contribution in [1.29, 1.82) is 0 Å². The van der Waals surface area contributed by atoms with E-state index in [-0.39, 0.29) is 6.32 Å². The minimum Gasteiger partial charge on any atom is -0.480 e. The molecule has 1 aromatic rings. The summed E-state index contributed by atoms with van der Waals surface area (Å²) in [5, 5.41) is 27.5. The summed E-state index contributed by atoms with van der Waals surface area (Å²) in [5.41, 5.74) is 5.58. The van der Waals surface area contributed by atoms with Crippen molar-refractivity contribution >= 4 is 24.6 Å². The number of carboxylic acids is 1. The van der Waals surface area contributed by atoms with E-state index in [1.807, 2.05) is 18.2 Å². The van der Waals surface area contributed by atoms with Crippen molar-refractivity contribution in [3.05, 3.63) is 30.3 Å². The van der Waals surface area contributed by atoms with Gasteiger partial charge in [-0.25, -0.2) is 0 Å². The fourth-order valence-corrected chi connectivity index (χ4v) is 5.21. The second-order valence-corrected chi connectivity index (χ2v) is 9.32. The number of carbonyl (C=O) groups is 2. The number of benzene rings is 1. The Bertz CT molecular complexity index is 770. The van der Waals surface area contributed by atoms with Gasteiger partial charge in [-0.05, 0) is 57.1 Å². The molecule has 9 heteroatoms. The maximum Gasteiger partial charge on any atom is 0.451 e. The number of anilines is 1. The Labute approximate surface area is 190 Å². The zero-order valence-electron chi connectivity index (χ0n) is 18.8. The van der Waals surface area contributed by atoms with E-state index in [4.69, 9.17) is 15.8 Å². The lowest BCUT2D eigenvalue weighted by molar-refractivity contribution is -0.144. The largest absolute Gasteiger partial charge is 0.480 e. The number of rotatable bonds is 11. The number of piperidine rings is 1. The third kappa shape index (κ3) is 5.70. The molecule has 176 valence electrons. The molecule has 1 atom stereocenters. The molecular weight excluding hydrogens is 409 g/mol. The lowest BCUT2D eigenvalue weighted by Crippen LogP contribution is -2.56. The number of nitrogens with two attached hydrogens (primary N) is 1. The van der Waals surface area contributed by atoms with Crippen LogP contribution in [-0.4, -0.2) is 76.2 Å². The average molecular weight is 445 g/mol. The van der Waals surface area contributed by atoms with Crippen LogP contribution in [0.2, 0.25) is 6.32 Å². The van der Waals surface area contributed by atoms with Crippen LogP contribution in [0.15, 0.2) is 30.3 Å². The molecular formula is C23H36BN3O5. The summed E-state index contributed by atoms with van der Waals surface area (Å²) in [7, 11) is -1.36. The third-order valence-electron chi connectivity index (χ3n) is 7.21. The maximum absolute atomic E-state index is 12.9. The number of unbranched alkanes of at least 4 members (excludes halogenated alkanes) is 1. The van der Waals surface area contributed by atoms with Crippen molar-refractivity contribution in [3.63, 3.8) is 0 Å². The van der Waals surface area contributed by atoms with Crippen molar-refractivity contribution < 1.29 is 24.7 Å². The standard InChI is InChI=1S/C23H36BN3O5/c25-22(21(29)30,10-4-5-14-24(31)32)11-6-15-26-17-12-23(13-18-26)20(28)9-16-27(23)19-7-2-1-3-8-19/h1-3,7-8,31-32H,4-6,9-18,25H2,(H,29,30). The second-order valence-electron chi connectivity index (χ2n) is 9.32. The highest BCUT2D eigenvalue weighted by atomic mass is 16.4. The minimum atomic E-state index is -1.36. The van der Waals surface area contributed by atoms with E-state index in [2.05, 4.69) is 21.9 Å². The normalized spacial score (nSPS) is 20.5. The number of para-hydroxylation sites is 1. The molecule has 2 aliphatic rings. The fraction of sp³-hybridized carbons (Fsp3) is 0.652. The molecule has 0 aromatic heterocycles. The molecule has 0 amide bonds. The molecule has 0 bridgehead atoms. The summed E-state index contributed by atoms with van der Waals surface area (Å²) >= 11 is 0. The highest BCUT2D eigenvalue weighted by Gasteiger charge is 2.49. The smallest absolute Gasteiger partial charge is 0.451 e. The topological polar surface area (TPSA) is 127 Å². The number of nitrogens with zero attached hydrogens (tertiary/aromatic N) is 2. The van der Waals surface area contributed by atoms with Crippen LogP contribution >= 0.6 is 0 Å². The third-order valence-corrected chi connectivity index (χ3v) is 7.21. The predicted molar refractivity (Wildman–Crippen MR) is 124 cm³/mol. The maximum atomic E-state index is 12.9. The number of hydrogen-bond acceptors (Lipinski definition) is 7. The molecule has 2 fully saturated rings. The van der Waals surface area contributed by atoms with Crippen LogP contribution in [0.5, 0.6) is 0 Å². The van der Waals surface area contributed by atoms with Crippen LogP contribution in [0.1, 0.15) is 51.4 Å². The lowest BCUT2D eigenvalue weighted by atomic mass is 9.81. The van der Waals surface area contributed by atoms with Gasteiger partial charge in [-0.1, -0.05) is 31.0 Å². The van der Waals surface area contributed by atoms with Gasteiger partial charge in [-0.15, -0.1) is 0 Å². The number of carboxylic acid groups (broad SMARTS) is 1. The van der Waals surface area contributed by atoms with E-state index in [1.165, 1.54) is 0 Å². The SMILES string of the molecule is NC(CCCCB(O)O)(CCCN1CCC2(CC1)C(=O)CCN2c1ccccc1)C(=O)O. The van der Waals surface area contributed by atoms with Crippen molar-refractivity contribution in [2.45, 2.75) is 68.8 Å². The molecule has 32 heavy (non-hydrogen) atoms. The first-order chi connectivity index (χ1) is 15.3. The number of likely N-dealkylation sites (tertiary alicyclic amines) is 1. The Balaban J connectivity index is 1.49. The quantitative estimate of drug-likeness (QED) is 0.298. The number of aliphatic carboxylic acids is 1. The Morgan fingerprint density at radius 3 is 2.34 bits per heavy atom. The Kier molecular flexibility index (Phi) is 8.33. The Morgan fingerprint density at radius 2 is 1.72 bits per heavy atom. The first-order valence-corrected chi connectivity index (χ1v) is 11.7. The molecule has 8 nitrogen and oxygen atoms in total. The van der Waals surface area contributed by atoms with Crippen molar-refractivity contribution in [2.75, 3.05) is 31.1 Å². The van der Waals surface area contributed by atoms with Gasteiger partial charge >= 0.3 is 13.1 Å². The van der Waals surface area contributed by atoms with E-state index in [0.29, 0.717) is 44.3 Å². The molecule has 1 unspecified atom stereocenters. The highest BCUT2D eigenvalue weighted by Crippen LogP contribution is 2.39. The van der Waals surface area contributed by atoms with E-state index < -0.39 is 24.2 Å². The second kappa shape index (κ2) is 10.8. The Hall–Kier alpha value is -1.94. The number of hydrogen-bond donors (Lipinski definition) is 4. The predicted octanol–water partition coefficient (Wildman–Crippen LogP) is 1.51. The Morgan fingerprint density at radius 1 is 1.06 bits per heavy atom. The summed E-state index contributed by atoms with van der Waals surface area (Å²) in [4.78, 5) is 29.2. The molecule has 1 aromatic carbocycles. The van der Waals surface area contributed by atoms with E-state index in [9.17, 15) is 14.7 Å². The first kappa shape index (κ1) is 24.7. The van der Waals surface area contributed by atoms with Gasteiger partial charge in [0.15, 0.2) is 5.78 Å². The number of ketones is 1. The zero-order chi connectivity index (χ0) is 23.2. The minimum absolute atomic E-state index is 0.226. The van der Waals surface area contributed by atoms with Crippen LogP contribution in [-0.2, 0) is 9.59 Å². The molecule has 0 saturated carbocycles. The van der Waals surface area contributed by atoms with Crippen LogP contribution < -0.4 is 10.6 Å². The van der Waals surface area contributed by atoms with E-state index in [0.717, 1.165) is 44.7 Å². The summed E-state index contributed by atoms with van der Waals surface area (Å²) < 4.78 is 0. The molecule has 3 rings (SSSR count). The molecule has 0 aliphatic carbocycles. The van der Waals surface area contributed by atoms with Crippen molar-refractivity contribution in [2.24, 2.45) is 5.73 Å². The molecule has 0 radical (unpaired) electrons. The van der Waals surface area contributed by atoms with Crippen LogP contribution in [0.25, 0.3) is 0 Å². The van der Waals surface area contributed by atoms with Crippen LogP contribution in [0, 0.1) is 0 Å². The summed E-state index contributed by atoms with van der Waals surface area (Å²) in [5.74, 6) is -0.671. The van der Waals surface area contributed by atoms with Gasteiger partial charge in [0.1, 0.15) is 11.1 Å². The van der Waals surface area contributed by atoms with Crippen molar-refractivity contribution in [3.8, 4) is 0 Å². The molecule has 2 saturated heterocycles. The van der Waals surface area contributed by atoms with Gasteiger partial charge in [-0.2, -0.15) is 0 Å². The lowest BCUT2D eigenvalue weighted by Gasteiger charge is -2.45. The van der Waals surface area contributed by atoms with Gasteiger partial charge < -0.3 is 30.7 Å². The van der Waals surface area contributed by atoms with Crippen LogP contribution in [0.3, 0.4) is 0 Å². The average Bonchev–Trinajstić information content (AvgIpc) is 3.08. The molecule has 2 aliphatic heterocycles. The van der Waals surface area contributed by atoms with Gasteiger partial charge in [-0.3, -0.25) is 9.59 Å². The number of Topliss-reactive ketones (excluding diaryl/α,β-unsaturated/α-hetero) is 1. The fourth-order valence-electron chi connectivity index (χ4n) is 5.21. The monoisotopic (exact) mass is 445 g/mol. The van der Waals surface area contributed by atoms with E-state index >= 15 is 0 Å². The molecule has 1 spiro atoms. The molecule has 2 heterocycles. The van der Waals surface area contributed by atoms with E-state index in [1.54, 1.807) is 0 Å². The molecule has 5 N–H and O–H groups in total. The zero-order valence-corrected chi connectivity index (χ0v) is 18.8. The highest BCUT2D eigenvalue weighted by molar-refractivity contribution is 6.40. The van der Waals surface area contributed by atoms with Gasteiger partial charge in [0.05, 0.1) is 0 Å². The summed E-state index contributed by atoms with van der Waals surface area (Å²) in [6.07, 6.45) is 4.84. The van der Waals surface area contributed by atoms with Gasteiger partial charge in [0.25, 0.3) is 0 Å². The first-order valence-electron chi connectivity index (χ1n) is 11.7.